The number of aromatic hydroxyl groups is 1. The predicted octanol–water partition coefficient (Wildman–Crippen LogP) is 17.3. The Morgan fingerprint density at radius 3 is 1.87 bits per heavy atom. The van der Waals surface area contributed by atoms with Crippen molar-refractivity contribution in [2.75, 3.05) is 0 Å². The van der Waals surface area contributed by atoms with E-state index < -0.39 is 5.89 Å². The van der Waals surface area contributed by atoms with Crippen molar-refractivity contribution in [2.24, 2.45) is 0 Å². The topological polar surface area (TPSA) is 50.9 Å². The Balaban J connectivity index is 0.00000659. The van der Waals surface area contributed by atoms with E-state index in [1.807, 2.05) is 26.1 Å². The molecule has 0 bridgehead atoms. The molecule has 69 heavy (non-hydrogen) atoms. The molecule has 0 atom stereocenters. The third-order valence-electron chi connectivity index (χ3n) is 13.3. The van der Waals surface area contributed by atoms with Crippen LogP contribution >= 0.6 is 0 Å². The van der Waals surface area contributed by atoms with Gasteiger partial charge in [-0.25, -0.2) is 4.98 Å². The summed E-state index contributed by atoms with van der Waals surface area (Å²) in [4.78, 5) is 10.6. The number of aromatic nitrogens is 3. The number of imidazole rings is 1. The van der Waals surface area contributed by atoms with E-state index in [-0.39, 0.29) is 43.1 Å². The van der Waals surface area contributed by atoms with E-state index in [0.717, 1.165) is 89.2 Å². The summed E-state index contributed by atoms with van der Waals surface area (Å²) in [5, 5.41) is 12.6. The van der Waals surface area contributed by atoms with Crippen LogP contribution in [0.3, 0.4) is 0 Å². The minimum atomic E-state index is -0.849. The summed E-state index contributed by atoms with van der Waals surface area (Å²) in [6, 6.07) is 57.4. The molecule has 0 aliphatic heterocycles. The van der Waals surface area contributed by atoms with E-state index in [2.05, 4.69) is 225 Å². The first-order chi connectivity index (χ1) is 32.5. The number of phenols is 1. The molecule has 0 amide bonds. The second-order valence-electron chi connectivity index (χ2n) is 21.8. The summed E-state index contributed by atoms with van der Waals surface area (Å²) >= 11 is 0. The van der Waals surface area contributed by atoms with Crippen LogP contribution in [0, 0.1) is 13.0 Å². The van der Waals surface area contributed by atoms with Gasteiger partial charge in [0.15, 0.2) is 0 Å². The zero-order valence-electron chi connectivity index (χ0n) is 43.1. The van der Waals surface area contributed by atoms with Gasteiger partial charge in [0.1, 0.15) is 11.6 Å². The number of hydrogen-bond donors (Lipinski definition) is 1. The van der Waals surface area contributed by atoms with Crippen molar-refractivity contribution >= 4 is 11.0 Å². The summed E-state index contributed by atoms with van der Waals surface area (Å²) in [6.45, 7) is 25.8. The molecule has 0 saturated heterocycles. The Morgan fingerprint density at radius 1 is 0.565 bits per heavy atom. The van der Waals surface area contributed by atoms with Gasteiger partial charge in [0, 0.05) is 45.5 Å². The van der Waals surface area contributed by atoms with E-state index in [1.54, 1.807) is 0 Å². The molecule has 2 aromatic heterocycles. The Morgan fingerprint density at radius 2 is 1.22 bits per heavy atom. The van der Waals surface area contributed by atoms with Crippen molar-refractivity contribution in [3.63, 3.8) is 0 Å². The number of para-hydroxylation sites is 1. The molecule has 7 aromatic carbocycles. The predicted molar refractivity (Wildman–Crippen MR) is 287 cm³/mol. The zero-order valence-corrected chi connectivity index (χ0v) is 44.4. The SMILES string of the molecule is [2H]C(C)(C)c1ccc(-n2c(-c3cc(C(C)(C)C)cc(C(C)(C)C)c3O)nc3c(-c4[c-]c(-c5cc(-c6ccc(C)cc6)ccn5)cc(-c5ccccc5)c4)cccc32)c(-c2ccc(C(C)(C)C)cc2)c1.[Pt]. The van der Waals surface area contributed by atoms with Crippen molar-refractivity contribution in [1.82, 2.24) is 14.5 Å². The van der Waals surface area contributed by atoms with E-state index in [0.29, 0.717) is 11.4 Å². The maximum absolute atomic E-state index is 12.6. The molecule has 352 valence electrons. The third kappa shape index (κ3) is 9.93. The Kier molecular flexibility index (Phi) is 13.0. The molecule has 0 saturated carbocycles. The van der Waals surface area contributed by atoms with E-state index in [4.69, 9.17) is 9.97 Å². The maximum Gasteiger partial charge on any atom is 0.148 e. The van der Waals surface area contributed by atoms with Crippen LogP contribution < -0.4 is 0 Å². The Bertz CT molecular complexity index is 3360. The fraction of sp³-hybridized carbons (Fsp3) is 0.250. The van der Waals surface area contributed by atoms with Gasteiger partial charge in [-0.05, 0) is 98.3 Å². The summed E-state index contributed by atoms with van der Waals surface area (Å²) in [5.41, 5.74) is 17.8. The standard InChI is InChI=1S/C64H64N3O.Pt/c1-40(2)45-27-30-57(53(36-45)44-25-28-50(29-26-44)62(4,5)6)67-58-20-16-19-52(59(58)66-61(67)54-38-51(63(7,8)9)39-55(60(54)68)64(10,11)12)48-33-47(42-17-14-13-15-18-42)34-49(35-48)56-37-46(31-32-65-56)43-23-21-41(3)22-24-43;/h13-34,36-40,68H,1-12H3;/q-1;/i40D;. The average molecular weight is 1090 g/mol. The average Bonchev–Trinajstić information content (AvgIpc) is 3.70. The maximum atomic E-state index is 12.6. The van der Waals surface area contributed by atoms with Crippen LogP contribution in [0.5, 0.6) is 5.75 Å². The van der Waals surface area contributed by atoms with Crippen molar-refractivity contribution < 1.29 is 27.5 Å². The Hall–Kier alpha value is -6.35. The fourth-order valence-corrected chi connectivity index (χ4v) is 9.13. The molecule has 9 aromatic rings. The van der Waals surface area contributed by atoms with Gasteiger partial charge < -0.3 is 5.11 Å². The van der Waals surface area contributed by atoms with E-state index in [9.17, 15) is 6.48 Å². The fourth-order valence-electron chi connectivity index (χ4n) is 9.13. The normalized spacial score (nSPS) is 12.5. The number of nitrogens with zero attached hydrogens (tertiary/aromatic N) is 3. The molecule has 2 heterocycles. The number of phenolic OH excluding ortho intramolecular Hbond substituents is 1. The number of fused-ring (bicyclic) bond motifs is 1. The molecular weight excluding hydrogens is 1020 g/mol. The molecule has 5 heteroatoms. The van der Waals surface area contributed by atoms with Crippen molar-refractivity contribution in [2.45, 2.75) is 105 Å². The number of hydrogen-bond acceptors (Lipinski definition) is 3. The second kappa shape index (κ2) is 18.9. The van der Waals surface area contributed by atoms with Gasteiger partial charge in [0.05, 0.1) is 22.3 Å². The first-order valence-corrected chi connectivity index (χ1v) is 23.9. The van der Waals surface area contributed by atoms with Crippen LogP contribution in [0.4, 0.5) is 0 Å². The first-order valence-electron chi connectivity index (χ1n) is 24.4. The molecular formula is C64H64N3OPt-. The molecule has 0 aliphatic rings. The van der Waals surface area contributed by atoms with Gasteiger partial charge in [-0.2, -0.15) is 0 Å². The molecule has 0 aliphatic carbocycles. The van der Waals surface area contributed by atoms with Gasteiger partial charge in [-0.3, -0.25) is 9.55 Å². The molecule has 9 rings (SSSR count). The van der Waals surface area contributed by atoms with Gasteiger partial charge in [0.25, 0.3) is 0 Å². The molecule has 4 nitrogen and oxygen atoms in total. The molecule has 0 radical (unpaired) electrons. The molecule has 0 unspecified atom stereocenters. The number of benzene rings is 7. The van der Waals surface area contributed by atoms with Crippen LogP contribution in [0.1, 0.15) is 111 Å². The van der Waals surface area contributed by atoms with E-state index >= 15 is 0 Å². The molecule has 1 N–H and O–H groups in total. The quantitative estimate of drug-likeness (QED) is 0.154. The van der Waals surface area contributed by atoms with Crippen LogP contribution in [0.15, 0.2) is 158 Å². The zero-order chi connectivity index (χ0) is 49.2. The van der Waals surface area contributed by atoms with Gasteiger partial charge >= 0.3 is 0 Å². The molecule has 0 fully saturated rings. The number of rotatable bonds is 8. The van der Waals surface area contributed by atoms with Crippen LogP contribution in [-0.4, -0.2) is 19.6 Å². The van der Waals surface area contributed by atoms with Crippen LogP contribution in [-0.2, 0) is 37.3 Å². The summed E-state index contributed by atoms with van der Waals surface area (Å²) < 4.78 is 11.4. The minimum absolute atomic E-state index is 0. The summed E-state index contributed by atoms with van der Waals surface area (Å²) in [6.07, 6.45) is 1.88. The minimum Gasteiger partial charge on any atom is -0.507 e. The summed E-state index contributed by atoms with van der Waals surface area (Å²) in [7, 11) is 0. The number of aryl methyl sites for hydroxylation is 1. The molecule has 0 spiro atoms. The second-order valence-corrected chi connectivity index (χ2v) is 21.8. The van der Waals surface area contributed by atoms with Gasteiger partial charge in [-0.15, -0.1) is 23.8 Å². The first kappa shape index (κ1) is 47.7. The van der Waals surface area contributed by atoms with Gasteiger partial charge in [0.2, 0.25) is 0 Å². The van der Waals surface area contributed by atoms with Crippen molar-refractivity contribution in [3.8, 4) is 78.6 Å². The van der Waals surface area contributed by atoms with Crippen molar-refractivity contribution in [1.29, 1.82) is 0 Å². The third-order valence-corrected chi connectivity index (χ3v) is 13.3. The van der Waals surface area contributed by atoms with Gasteiger partial charge in [-0.1, -0.05) is 208 Å². The van der Waals surface area contributed by atoms with Crippen LogP contribution in [0.25, 0.3) is 83.9 Å². The summed E-state index contributed by atoms with van der Waals surface area (Å²) in [5.74, 6) is -0.00443. The number of pyridine rings is 1. The van der Waals surface area contributed by atoms with Crippen LogP contribution in [0.2, 0.25) is 0 Å². The Labute approximate surface area is 426 Å². The monoisotopic (exact) mass is 1090 g/mol. The smallest absolute Gasteiger partial charge is 0.148 e. The van der Waals surface area contributed by atoms with Crippen molar-refractivity contribution in [3.05, 3.63) is 192 Å². The largest absolute Gasteiger partial charge is 0.507 e. The van der Waals surface area contributed by atoms with E-state index in [1.165, 1.54) is 11.1 Å².